The number of benzene rings is 1. The highest BCUT2D eigenvalue weighted by Crippen LogP contribution is 2.32. The average molecular weight is 410 g/mol. The maximum atomic E-state index is 13.1. The van der Waals surface area contributed by atoms with E-state index in [0.29, 0.717) is 16.5 Å². The van der Waals surface area contributed by atoms with E-state index in [0.717, 1.165) is 0 Å². The molecule has 2 rings (SSSR count). The molecule has 0 aliphatic heterocycles. The highest BCUT2D eigenvalue weighted by Gasteiger charge is 2.32. The van der Waals surface area contributed by atoms with Gasteiger partial charge in [0.25, 0.3) is 0 Å². The molecule has 1 aromatic heterocycles. The summed E-state index contributed by atoms with van der Waals surface area (Å²) in [6.45, 7) is 11.3. The number of halogens is 3. The van der Waals surface area contributed by atoms with Crippen LogP contribution in [0.4, 0.5) is 18.0 Å². The molecular formula is C21H26F3NO2Si. The minimum absolute atomic E-state index is 0.498. The average Bonchev–Trinajstić information content (AvgIpc) is 2.91. The minimum atomic E-state index is -4.31. The van der Waals surface area contributed by atoms with Crippen LogP contribution in [0.25, 0.3) is 10.9 Å². The van der Waals surface area contributed by atoms with Crippen LogP contribution in [0.5, 0.6) is 0 Å². The molecule has 0 bridgehead atoms. The number of ether oxygens (including phenoxy) is 1. The van der Waals surface area contributed by atoms with Gasteiger partial charge in [-0.3, -0.25) is 4.57 Å². The number of carbonyl (C=O) groups excluding carboxylic acids is 1. The number of carbonyl (C=O) groups is 1. The Morgan fingerprint density at radius 2 is 1.82 bits per heavy atom. The van der Waals surface area contributed by atoms with Crippen molar-refractivity contribution >= 4 is 25.1 Å². The Morgan fingerprint density at radius 3 is 2.36 bits per heavy atom. The van der Waals surface area contributed by atoms with Gasteiger partial charge in [-0.1, -0.05) is 25.7 Å². The lowest BCUT2D eigenvalue weighted by molar-refractivity contribution is -0.136. The fourth-order valence-electron chi connectivity index (χ4n) is 2.64. The summed E-state index contributed by atoms with van der Waals surface area (Å²) in [5, 5.41) is 0.672. The van der Waals surface area contributed by atoms with E-state index in [1.54, 1.807) is 51.2 Å². The van der Waals surface area contributed by atoms with Crippen molar-refractivity contribution in [3.8, 4) is 11.5 Å². The Bertz CT molecular complexity index is 921. The van der Waals surface area contributed by atoms with Crippen molar-refractivity contribution in [1.29, 1.82) is 0 Å². The van der Waals surface area contributed by atoms with Crippen LogP contribution in [-0.4, -0.2) is 30.5 Å². The second kappa shape index (κ2) is 7.67. The highest BCUT2D eigenvalue weighted by molar-refractivity contribution is 6.83. The molecule has 7 heteroatoms. The predicted octanol–water partition coefficient (Wildman–Crippen LogP) is 6.34. The number of hydrogen-bond acceptors (Lipinski definition) is 2. The second-order valence-corrected chi connectivity index (χ2v) is 13.6. The molecule has 0 N–H and O–H groups in total. The van der Waals surface area contributed by atoms with E-state index in [4.69, 9.17) is 4.74 Å². The minimum Gasteiger partial charge on any atom is -0.443 e. The first-order valence-electron chi connectivity index (χ1n) is 9.08. The van der Waals surface area contributed by atoms with Gasteiger partial charge < -0.3 is 4.74 Å². The summed E-state index contributed by atoms with van der Waals surface area (Å²) in [5.74, 6) is 1.92. The summed E-state index contributed by atoms with van der Waals surface area (Å²) in [5.41, 5.74) is 3.49. The van der Waals surface area contributed by atoms with Crippen LogP contribution >= 0.6 is 0 Å². The maximum Gasteiger partial charge on any atom is 0.418 e. The predicted molar refractivity (Wildman–Crippen MR) is 108 cm³/mol. The number of hydrogen-bond donors (Lipinski definition) is 0. The first-order valence-corrected chi connectivity index (χ1v) is 12.6. The zero-order valence-corrected chi connectivity index (χ0v) is 18.1. The summed E-state index contributed by atoms with van der Waals surface area (Å²) >= 11 is 0. The Balaban J connectivity index is 2.42. The van der Waals surface area contributed by atoms with Crippen molar-refractivity contribution in [3.63, 3.8) is 0 Å². The third-order valence-electron chi connectivity index (χ3n) is 3.76. The quantitative estimate of drug-likeness (QED) is 0.428. The van der Waals surface area contributed by atoms with E-state index in [9.17, 15) is 18.0 Å². The monoisotopic (exact) mass is 409 g/mol. The van der Waals surface area contributed by atoms with Crippen molar-refractivity contribution in [2.45, 2.75) is 64.5 Å². The molecule has 0 saturated heterocycles. The zero-order chi connectivity index (χ0) is 21.3. The van der Waals surface area contributed by atoms with E-state index in [-0.39, 0.29) is 0 Å². The Labute approximate surface area is 164 Å². The van der Waals surface area contributed by atoms with Crippen LogP contribution in [-0.2, 0) is 4.74 Å². The van der Waals surface area contributed by atoms with Gasteiger partial charge in [-0.2, -0.15) is 13.2 Å². The summed E-state index contributed by atoms with van der Waals surface area (Å²) in [6, 6.07) is 6.62. The van der Waals surface area contributed by atoms with Gasteiger partial charge in [0, 0.05) is 11.6 Å². The zero-order valence-electron chi connectivity index (χ0n) is 17.1. The Hall–Kier alpha value is -2.20. The molecule has 1 aromatic carbocycles. The van der Waals surface area contributed by atoms with Gasteiger partial charge >= 0.3 is 12.3 Å². The summed E-state index contributed by atoms with van der Waals surface area (Å²) in [6.07, 6.45) is -4.27. The van der Waals surface area contributed by atoms with Gasteiger partial charge in [0.2, 0.25) is 0 Å². The molecule has 28 heavy (non-hydrogen) atoms. The molecular weight excluding hydrogens is 383 g/mol. The Morgan fingerprint density at radius 1 is 1.18 bits per heavy atom. The lowest BCUT2D eigenvalue weighted by atomic mass is 9.95. The fourth-order valence-corrected chi connectivity index (χ4v) is 3.24. The number of aromatic nitrogens is 1. The van der Waals surface area contributed by atoms with Crippen molar-refractivity contribution in [3.05, 3.63) is 36.0 Å². The molecule has 0 aliphatic rings. The third kappa shape index (κ3) is 6.45. The topological polar surface area (TPSA) is 31.2 Å². The standard InChI is InChI=1S/C21H26F3NO2Si/c1-20(2,3)27-19(26)25-11-9-16-13-15(7-8-18(16)25)17(14-21(22,23)24)10-12-28(4,5)6/h7-9,11,13,17H,14H2,1-6H3/t17-/m1/s1. The largest absolute Gasteiger partial charge is 0.443 e. The number of alkyl halides is 3. The van der Waals surface area contributed by atoms with E-state index in [1.807, 2.05) is 19.6 Å². The molecule has 0 spiro atoms. The van der Waals surface area contributed by atoms with E-state index >= 15 is 0 Å². The number of nitrogens with zero attached hydrogens (tertiary/aromatic N) is 1. The van der Waals surface area contributed by atoms with Crippen LogP contribution in [0.1, 0.15) is 38.7 Å². The van der Waals surface area contributed by atoms with E-state index in [2.05, 4.69) is 11.5 Å². The van der Waals surface area contributed by atoms with Crippen LogP contribution in [0.15, 0.2) is 30.5 Å². The number of fused-ring (bicyclic) bond motifs is 1. The van der Waals surface area contributed by atoms with Gasteiger partial charge in [0.1, 0.15) is 13.7 Å². The third-order valence-corrected chi connectivity index (χ3v) is 4.66. The van der Waals surface area contributed by atoms with Crippen molar-refractivity contribution in [1.82, 2.24) is 4.57 Å². The highest BCUT2D eigenvalue weighted by atomic mass is 28.3. The first-order chi connectivity index (χ1) is 12.6. The summed E-state index contributed by atoms with van der Waals surface area (Å²) < 4.78 is 45.9. The molecule has 0 saturated carbocycles. The van der Waals surface area contributed by atoms with E-state index < -0.39 is 38.3 Å². The first kappa shape index (κ1) is 22.1. The summed E-state index contributed by atoms with van der Waals surface area (Å²) in [4.78, 5) is 12.3. The van der Waals surface area contributed by atoms with Crippen LogP contribution in [0, 0.1) is 11.5 Å². The fraction of sp³-hybridized carbons (Fsp3) is 0.476. The lowest BCUT2D eigenvalue weighted by Crippen LogP contribution is -2.26. The van der Waals surface area contributed by atoms with Gasteiger partial charge in [-0.25, -0.2) is 4.79 Å². The van der Waals surface area contributed by atoms with Gasteiger partial charge in [-0.15, -0.1) is 11.5 Å². The Kier molecular flexibility index (Phi) is 6.05. The van der Waals surface area contributed by atoms with Crippen molar-refractivity contribution in [2.24, 2.45) is 0 Å². The molecule has 0 amide bonds. The van der Waals surface area contributed by atoms with Crippen molar-refractivity contribution < 1.29 is 22.7 Å². The normalized spacial score (nSPS) is 13.8. The molecule has 2 aromatic rings. The molecule has 152 valence electrons. The summed E-state index contributed by atoms with van der Waals surface area (Å²) in [7, 11) is -1.81. The van der Waals surface area contributed by atoms with Gasteiger partial charge in [0.05, 0.1) is 17.9 Å². The molecule has 1 atom stereocenters. The van der Waals surface area contributed by atoms with Crippen LogP contribution in [0.2, 0.25) is 19.6 Å². The smallest absolute Gasteiger partial charge is 0.418 e. The van der Waals surface area contributed by atoms with Crippen molar-refractivity contribution in [2.75, 3.05) is 0 Å². The van der Waals surface area contributed by atoms with Crippen LogP contribution < -0.4 is 0 Å². The molecule has 3 nitrogen and oxygen atoms in total. The molecule has 0 aliphatic carbocycles. The molecule has 0 unspecified atom stereocenters. The number of rotatable bonds is 2. The van der Waals surface area contributed by atoms with Crippen LogP contribution in [0.3, 0.4) is 0 Å². The maximum absolute atomic E-state index is 13.1. The molecule has 0 fully saturated rings. The lowest BCUT2D eigenvalue weighted by Gasteiger charge is -2.20. The molecule has 0 radical (unpaired) electrons. The van der Waals surface area contributed by atoms with Gasteiger partial charge in [0.15, 0.2) is 0 Å². The SMILES string of the molecule is CC(C)(C)OC(=O)n1ccc2cc([C@H](C#C[Si](C)(C)C)CC(F)(F)F)ccc21. The van der Waals surface area contributed by atoms with Gasteiger partial charge in [-0.05, 0) is 44.5 Å². The van der Waals surface area contributed by atoms with E-state index in [1.165, 1.54) is 4.57 Å². The molecule has 1 heterocycles. The second-order valence-electron chi connectivity index (χ2n) is 8.88.